The predicted molar refractivity (Wildman–Crippen MR) is 59.6 cm³/mol. The summed E-state index contributed by atoms with van der Waals surface area (Å²) in [5, 5.41) is 19.5. The SMILES string of the molecule is OC(O)(Oc1ccccc1)c1ccccc1. The third kappa shape index (κ3) is 2.39. The zero-order chi connectivity index (χ0) is 11.4. The van der Waals surface area contributed by atoms with Crippen LogP contribution < -0.4 is 4.74 Å². The minimum atomic E-state index is -2.30. The number of hydrogen-bond acceptors (Lipinski definition) is 3. The van der Waals surface area contributed by atoms with Crippen LogP contribution in [0.5, 0.6) is 5.75 Å². The van der Waals surface area contributed by atoms with E-state index in [2.05, 4.69) is 0 Å². The number of benzene rings is 2. The van der Waals surface area contributed by atoms with Gasteiger partial charge in [0.25, 0.3) is 0 Å². The number of aliphatic hydroxyl groups is 2. The maximum absolute atomic E-state index is 9.77. The van der Waals surface area contributed by atoms with Gasteiger partial charge in [-0.2, -0.15) is 0 Å². The first kappa shape index (κ1) is 10.7. The second-order valence-electron chi connectivity index (χ2n) is 3.39. The minimum absolute atomic E-state index is 0.291. The van der Waals surface area contributed by atoms with Crippen LogP contribution in [-0.2, 0) is 5.97 Å². The van der Waals surface area contributed by atoms with Crippen molar-refractivity contribution in [3.05, 3.63) is 66.2 Å². The van der Waals surface area contributed by atoms with E-state index in [0.29, 0.717) is 11.3 Å². The van der Waals surface area contributed by atoms with E-state index >= 15 is 0 Å². The van der Waals surface area contributed by atoms with Gasteiger partial charge in [-0.1, -0.05) is 36.4 Å². The third-order valence-electron chi connectivity index (χ3n) is 2.15. The fourth-order valence-electron chi connectivity index (χ4n) is 1.37. The van der Waals surface area contributed by atoms with Gasteiger partial charge in [0, 0.05) is 0 Å². The lowest BCUT2D eigenvalue weighted by Crippen LogP contribution is -2.32. The van der Waals surface area contributed by atoms with Gasteiger partial charge in [-0.15, -0.1) is 0 Å². The molecule has 0 heterocycles. The Morgan fingerprint density at radius 3 is 1.81 bits per heavy atom. The van der Waals surface area contributed by atoms with Crippen LogP contribution in [0, 0.1) is 0 Å². The van der Waals surface area contributed by atoms with Crippen molar-refractivity contribution in [2.45, 2.75) is 5.97 Å². The Kier molecular flexibility index (Phi) is 2.90. The van der Waals surface area contributed by atoms with E-state index in [1.165, 1.54) is 0 Å². The van der Waals surface area contributed by atoms with Crippen LogP contribution in [0.15, 0.2) is 60.7 Å². The Morgan fingerprint density at radius 1 is 0.750 bits per heavy atom. The summed E-state index contributed by atoms with van der Waals surface area (Å²) in [6.45, 7) is 0. The van der Waals surface area contributed by atoms with Gasteiger partial charge in [-0.25, -0.2) is 0 Å². The molecule has 16 heavy (non-hydrogen) atoms. The molecule has 0 bridgehead atoms. The maximum Gasteiger partial charge on any atom is 0.351 e. The van der Waals surface area contributed by atoms with Gasteiger partial charge >= 0.3 is 5.97 Å². The third-order valence-corrected chi connectivity index (χ3v) is 2.15. The van der Waals surface area contributed by atoms with Crippen LogP contribution in [0.2, 0.25) is 0 Å². The van der Waals surface area contributed by atoms with Crippen LogP contribution in [0.4, 0.5) is 0 Å². The molecule has 2 aromatic carbocycles. The molecule has 0 saturated heterocycles. The standard InChI is InChI=1S/C13H12O3/c14-13(15,11-7-3-1-4-8-11)16-12-9-5-2-6-10-12/h1-10,14-15H. The second kappa shape index (κ2) is 4.35. The van der Waals surface area contributed by atoms with E-state index < -0.39 is 5.97 Å². The average molecular weight is 216 g/mol. The molecular formula is C13H12O3. The van der Waals surface area contributed by atoms with Gasteiger partial charge in [0.2, 0.25) is 0 Å². The lowest BCUT2D eigenvalue weighted by atomic mass is 10.2. The van der Waals surface area contributed by atoms with Crippen LogP contribution in [0.3, 0.4) is 0 Å². The number of rotatable bonds is 3. The van der Waals surface area contributed by atoms with Crippen LogP contribution in [0.25, 0.3) is 0 Å². The van der Waals surface area contributed by atoms with Gasteiger partial charge in [0.1, 0.15) is 5.75 Å². The van der Waals surface area contributed by atoms with Gasteiger partial charge in [-0.05, 0) is 24.3 Å². The largest absolute Gasteiger partial charge is 0.436 e. The highest BCUT2D eigenvalue weighted by molar-refractivity contribution is 5.24. The first-order chi connectivity index (χ1) is 7.68. The van der Waals surface area contributed by atoms with Crippen molar-refractivity contribution in [2.75, 3.05) is 0 Å². The molecule has 3 nitrogen and oxygen atoms in total. The molecule has 0 aliphatic heterocycles. The molecule has 0 radical (unpaired) electrons. The summed E-state index contributed by atoms with van der Waals surface area (Å²) in [6, 6.07) is 17.1. The Bertz CT molecular complexity index is 437. The van der Waals surface area contributed by atoms with Crippen molar-refractivity contribution in [1.29, 1.82) is 0 Å². The number of ether oxygens (including phenoxy) is 1. The lowest BCUT2D eigenvalue weighted by molar-refractivity contribution is -0.304. The molecule has 2 aromatic rings. The molecule has 0 atom stereocenters. The van der Waals surface area contributed by atoms with Crippen molar-refractivity contribution in [1.82, 2.24) is 0 Å². The van der Waals surface area contributed by atoms with Crippen molar-refractivity contribution in [3.8, 4) is 5.75 Å². The summed E-state index contributed by atoms with van der Waals surface area (Å²) in [7, 11) is 0. The number of para-hydroxylation sites is 1. The van der Waals surface area contributed by atoms with Crippen LogP contribution >= 0.6 is 0 Å². The van der Waals surface area contributed by atoms with Crippen LogP contribution in [-0.4, -0.2) is 10.2 Å². The molecule has 0 aliphatic rings. The summed E-state index contributed by atoms with van der Waals surface area (Å²) in [4.78, 5) is 0. The van der Waals surface area contributed by atoms with Gasteiger partial charge in [0.05, 0.1) is 5.56 Å². The predicted octanol–water partition coefficient (Wildman–Crippen LogP) is 1.86. The molecule has 0 fully saturated rings. The smallest absolute Gasteiger partial charge is 0.351 e. The molecule has 2 rings (SSSR count). The van der Waals surface area contributed by atoms with Gasteiger partial charge < -0.3 is 14.9 Å². The Labute approximate surface area is 93.6 Å². The molecule has 0 unspecified atom stereocenters. The zero-order valence-corrected chi connectivity index (χ0v) is 8.58. The average Bonchev–Trinajstić information content (AvgIpc) is 2.31. The highest BCUT2D eigenvalue weighted by Crippen LogP contribution is 2.22. The molecule has 3 heteroatoms. The summed E-state index contributed by atoms with van der Waals surface area (Å²) >= 11 is 0. The fourth-order valence-corrected chi connectivity index (χ4v) is 1.37. The molecule has 2 N–H and O–H groups in total. The van der Waals surface area contributed by atoms with E-state index in [-0.39, 0.29) is 0 Å². The van der Waals surface area contributed by atoms with E-state index in [0.717, 1.165) is 0 Å². The zero-order valence-electron chi connectivity index (χ0n) is 8.58. The molecule has 0 aliphatic carbocycles. The maximum atomic E-state index is 9.77. The summed E-state index contributed by atoms with van der Waals surface area (Å²) in [5.41, 5.74) is 0.291. The fraction of sp³-hybridized carbons (Fsp3) is 0.0769. The van der Waals surface area contributed by atoms with Gasteiger partial charge in [0.15, 0.2) is 0 Å². The van der Waals surface area contributed by atoms with E-state index in [4.69, 9.17) is 4.74 Å². The highest BCUT2D eigenvalue weighted by Gasteiger charge is 2.28. The normalized spacial score (nSPS) is 11.1. The van der Waals surface area contributed by atoms with Crippen LogP contribution in [0.1, 0.15) is 5.56 Å². The quantitative estimate of drug-likeness (QED) is 0.770. The topological polar surface area (TPSA) is 49.7 Å². The van der Waals surface area contributed by atoms with Crippen molar-refractivity contribution < 1.29 is 14.9 Å². The van der Waals surface area contributed by atoms with Crippen molar-refractivity contribution in [3.63, 3.8) is 0 Å². The minimum Gasteiger partial charge on any atom is -0.436 e. The monoisotopic (exact) mass is 216 g/mol. The van der Waals surface area contributed by atoms with E-state index in [1.807, 2.05) is 6.07 Å². The highest BCUT2D eigenvalue weighted by atomic mass is 16.8. The molecule has 0 amide bonds. The van der Waals surface area contributed by atoms with Gasteiger partial charge in [-0.3, -0.25) is 0 Å². The lowest BCUT2D eigenvalue weighted by Gasteiger charge is -2.22. The van der Waals surface area contributed by atoms with Crippen molar-refractivity contribution >= 4 is 0 Å². The summed E-state index contributed by atoms with van der Waals surface area (Å²) in [6.07, 6.45) is 0. The molecule has 82 valence electrons. The van der Waals surface area contributed by atoms with Crippen molar-refractivity contribution in [2.24, 2.45) is 0 Å². The Hall–Kier alpha value is -1.84. The first-order valence-electron chi connectivity index (χ1n) is 4.93. The van der Waals surface area contributed by atoms with E-state index in [1.54, 1.807) is 54.6 Å². The molecule has 0 saturated carbocycles. The molecule has 0 aromatic heterocycles. The number of hydrogen-bond donors (Lipinski definition) is 2. The molecule has 0 spiro atoms. The Morgan fingerprint density at radius 2 is 1.25 bits per heavy atom. The second-order valence-corrected chi connectivity index (χ2v) is 3.39. The summed E-state index contributed by atoms with van der Waals surface area (Å²) < 4.78 is 5.10. The van der Waals surface area contributed by atoms with E-state index in [9.17, 15) is 10.2 Å². The molecular weight excluding hydrogens is 204 g/mol. The Balaban J connectivity index is 2.21. The summed E-state index contributed by atoms with van der Waals surface area (Å²) in [5.74, 6) is -1.90. The first-order valence-corrected chi connectivity index (χ1v) is 4.93.